The summed E-state index contributed by atoms with van der Waals surface area (Å²) < 4.78 is 4.82. The van der Waals surface area contributed by atoms with Crippen molar-refractivity contribution in [3.8, 4) is 0 Å². The summed E-state index contributed by atoms with van der Waals surface area (Å²) >= 11 is 0. The normalized spacial score (nSPS) is 11.4. The van der Waals surface area contributed by atoms with Crippen molar-refractivity contribution in [2.75, 3.05) is 7.11 Å². The van der Waals surface area contributed by atoms with Crippen molar-refractivity contribution >= 4 is 5.97 Å². The highest BCUT2D eigenvalue weighted by molar-refractivity contribution is 5.90. The quantitative estimate of drug-likeness (QED) is 0.765. The lowest BCUT2D eigenvalue weighted by Crippen LogP contribution is -2.43. The van der Waals surface area contributed by atoms with Gasteiger partial charge >= 0.3 is 5.97 Å². The van der Waals surface area contributed by atoms with E-state index in [1.807, 2.05) is 24.3 Å². The summed E-state index contributed by atoms with van der Waals surface area (Å²) in [6, 6.07) is 7.61. The lowest BCUT2D eigenvalue weighted by molar-refractivity contribution is 0.0599. The van der Waals surface area contributed by atoms with Gasteiger partial charge in [0.05, 0.1) is 12.7 Å². The van der Waals surface area contributed by atoms with Gasteiger partial charge in [0.25, 0.3) is 0 Å². The standard InChI is InChI=1S/C16H25NO2/c1-5-16(6-2,7-3)17-12-13-10-8-9-11-14(13)15(18)19-4/h8-11,17H,5-7,12H2,1-4H3. The highest BCUT2D eigenvalue weighted by Crippen LogP contribution is 2.21. The topological polar surface area (TPSA) is 38.3 Å². The molecule has 3 heteroatoms. The molecule has 0 heterocycles. The second kappa shape index (κ2) is 7.29. The molecule has 3 nitrogen and oxygen atoms in total. The summed E-state index contributed by atoms with van der Waals surface area (Å²) in [4.78, 5) is 11.7. The zero-order chi connectivity index (χ0) is 14.3. The monoisotopic (exact) mass is 263 g/mol. The van der Waals surface area contributed by atoms with Crippen LogP contribution in [-0.4, -0.2) is 18.6 Å². The number of rotatable bonds is 7. The van der Waals surface area contributed by atoms with Crippen LogP contribution in [0.3, 0.4) is 0 Å². The molecule has 1 rings (SSSR count). The third-order valence-electron chi connectivity index (χ3n) is 4.11. The first-order valence-corrected chi connectivity index (χ1v) is 7.03. The van der Waals surface area contributed by atoms with E-state index in [2.05, 4.69) is 26.1 Å². The van der Waals surface area contributed by atoms with E-state index in [9.17, 15) is 4.79 Å². The molecule has 0 saturated heterocycles. The van der Waals surface area contributed by atoms with Crippen molar-refractivity contribution in [3.63, 3.8) is 0 Å². The summed E-state index contributed by atoms with van der Waals surface area (Å²) in [5.74, 6) is -0.271. The van der Waals surface area contributed by atoms with E-state index >= 15 is 0 Å². The minimum atomic E-state index is -0.271. The zero-order valence-electron chi connectivity index (χ0n) is 12.5. The first-order valence-electron chi connectivity index (χ1n) is 7.03. The maximum atomic E-state index is 11.7. The third-order valence-corrected chi connectivity index (χ3v) is 4.11. The molecular formula is C16H25NO2. The van der Waals surface area contributed by atoms with E-state index in [4.69, 9.17) is 4.74 Å². The molecule has 1 aromatic rings. The fraction of sp³-hybridized carbons (Fsp3) is 0.562. The highest BCUT2D eigenvalue weighted by Gasteiger charge is 2.23. The van der Waals surface area contributed by atoms with Crippen LogP contribution >= 0.6 is 0 Å². The maximum Gasteiger partial charge on any atom is 0.338 e. The van der Waals surface area contributed by atoms with E-state index in [1.165, 1.54) is 7.11 Å². The Balaban J connectivity index is 2.85. The molecule has 0 saturated carbocycles. The van der Waals surface area contributed by atoms with Gasteiger partial charge in [-0.25, -0.2) is 4.79 Å². The second-order valence-electron chi connectivity index (χ2n) is 4.84. The molecule has 0 bridgehead atoms. The minimum Gasteiger partial charge on any atom is -0.465 e. The number of carbonyl (C=O) groups excluding carboxylic acids is 1. The number of esters is 1. The molecule has 0 spiro atoms. The molecular weight excluding hydrogens is 238 g/mol. The number of hydrogen-bond acceptors (Lipinski definition) is 3. The molecule has 0 aromatic heterocycles. The van der Waals surface area contributed by atoms with Crippen molar-refractivity contribution in [3.05, 3.63) is 35.4 Å². The molecule has 0 amide bonds. The third kappa shape index (κ3) is 3.80. The molecule has 19 heavy (non-hydrogen) atoms. The first kappa shape index (κ1) is 15.7. The Morgan fingerprint density at radius 3 is 2.26 bits per heavy atom. The van der Waals surface area contributed by atoms with Crippen LogP contribution in [0.5, 0.6) is 0 Å². The summed E-state index contributed by atoms with van der Waals surface area (Å²) in [6.07, 6.45) is 3.25. The Hall–Kier alpha value is -1.35. The molecule has 1 N–H and O–H groups in total. The van der Waals surface area contributed by atoms with Crippen LogP contribution in [-0.2, 0) is 11.3 Å². The van der Waals surface area contributed by atoms with E-state index in [1.54, 1.807) is 0 Å². The van der Waals surface area contributed by atoms with E-state index in [-0.39, 0.29) is 11.5 Å². The Kier molecular flexibility index (Phi) is 6.03. The van der Waals surface area contributed by atoms with Crippen LogP contribution in [0, 0.1) is 0 Å². The maximum absolute atomic E-state index is 11.7. The van der Waals surface area contributed by atoms with Gasteiger partial charge in [-0.1, -0.05) is 39.0 Å². The van der Waals surface area contributed by atoms with Gasteiger partial charge in [-0.3, -0.25) is 0 Å². The smallest absolute Gasteiger partial charge is 0.338 e. The Bertz CT molecular complexity index is 403. The Labute approximate surface area is 116 Å². The molecule has 0 aliphatic rings. The van der Waals surface area contributed by atoms with Crippen LogP contribution in [0.2, 0.25) is 0 Å². The molecule has 0 radical (unpaired) electrons. The van der Waals surface area contributed by atoms with Crippen LogP contribution in [0.15, 0.2) is 24.3 Å². The van der Waals surface area contributed by atoms with E-state index in [0.717, 1.165) is 24.8 Å². The summed E-state index contributed by atoms with van der Waals surface area (Å²) in [5, 5.41) is 3.61. The lowest BCUT2D eigenvalue weighted by Gasteiger charge is -2.32. The fourth-order valence-corrected chi connectivity index (χ4v) is 2.39. The van der Waals surface area contributed by atoms with Crippen molar-refractivity contribution in [2.45, 2.75) is 52.1 Å². The van der Waals surface area contributed by atoms with Crippen molar-refractivity contribution in [1.82, 2.24) is 5.32 Å². The van der Waals surface area contributed by atoms with Crippen LogP contribution in [0.1, 0.15) is 56.0 Å². The molecule has 0 unspecified atom stereocenters. The van der Waals surface area contributed by atoms with Gasteiger partial charge in [0, 0.05) is 12.1 Å². The summed E-state index contributed by atoms with van der Waals surface area (Å²) in [6.45, 7) is 7.30. The van der Waals surface area contributed by atoms with Crippen molar-refractivity contribution < 1.29 is 9.53 Å². The number of nitrogens with one attached hydrogen (secondary N) is 1. The Morgan fingerprint density at radius 2 is 1.74 bits per heavy atom. The SMILES string of the molecule is CCC(CC)(CC)NCc1ccccc1C(=O)OC. The average molecular weight is 263 g/mol. The largest absolute Gasteiger partial charge is 0.465 e. The average Bonchev–Trinajstić information content (AvgIpc) is 2.49. The van der Waals surface area contributed by atoms with Crippen LogP contribution in [0.4, 0.5) is 0 Å². The summed E-state index contributed by atoms with van der Waals surface area (Å²) in [5.41, 5.74) is 1.80. The Morgan fingerprint density at radius 1 is 1.16 bits per heavy atom. The number of carbonyl (C=O) groups is 1. The predicted molar refractivity (Wildman–Crippen MR) is 78.2 cm³/mol. The van der Waals surface area contributed by atoms with Gasteiger partial charge in [0.15, 0.2) is 0 Å². The molecule has 1 aromatic carbocycles. The number of hydrogen-bond donors (Lipinski definition) is 1. The first-order chi connectivity index (χ1) is 9.12. The van der Waals surface area contributed by atoms with Crippen molar-refractivity contribution in [1.29, 1.82) is 0 Å². The van der Waals surface area contributed by atoms with E-state index in [0.29, 0.717) is 12.1 Å². The highest BCUT2D eigenvalue weighted by atomic mass is 16.5. The molecule has 0 atom stereocenters. The van der Waals surface area contributed by atoms with Crippen LogP contribution < -0.4 is 5.32 Å². The second-order valence-corrected chi connectivity index (χ2v) is 4.84. The van der Waals surface area contributed by atoms with Crippen molar-refractivity contribution in [2.24, 2.45) is 0 Å². The van der Waals surface area contributed by atoms with Gasteiger partial charge in [-0.05, 0) is 30.9 Å². The number of ether oxygens (including phenoxy) is 1. The molecule has 0 fully saturated rings. The van der Waals surface area contributed by atoms with Gasteiger partial charge < -0.3 is 10.1 Å². The van der Waals surface area contributed by atoms with Gasteiger partial charge in [0.1, 0.15) is 0 Å². The van der Waals surface area contributed by atoms with Gasteiger partial charge in [-0.15, -0.1) is 0 Å². The lowest BCUT2D eigenvalue weighted by atomic mass is 9.89. The minimum absolute atomic E-state index is 0.156. The molecule has 106 valence electrons. The molecule has 0 aliphatic carbocycles. The van der Waals surface area contributed by atoms with Gasteiger partial charge in [0.2, 0.25) is 0 Å². The summed E-state index contributed by atoms with van der Waals surface area (Å²) in [7, 11) is 1.42. The number of methoxy groups -OCH3 is 1. The fourth-order valence-electron chi connectivity index (χ4n) is 2.39. The van der Waals surface area contributed by atoms with Crippen LogP contribution in [0.25, 0.3) is 0 Å². The number of benzene rings is 1. The van der Waals surface area contributed by atoms with E-state index < -0.39 is 0 Å². The molecule has 0 aliphatic heterocycles. The van der Waals surface area contributed by atoms with Gasteiger partial charge in [-0.2, -0.15) is 0 Å². The zero-order valence-corrected chi connectivity index (χ0v) is 12.5. The predicted octanol–water partition coefficient (Wildman–Crippen LogP) is 3.53.